The third-order valence-electron chi connectivity index (χ3n) is 11.1. The molecule has 2 aromatic heterocycles. The van der Waals surface area contributed by atoms with Crippen LogP contribution in [-0.2, 0) is 0 Å². The molecule has 0 saturated heterocycles. The molecule has 2 heterocycles. The first kappa shape index (κ1) is 32.8. The van der Waals surface area contributed by atoms with Gasteiger partial charge in [0.2, 0.25) is 0 Å². The molecule has 0 saturated carbocycles. The van der Waals surface area contributed by atoms with Crippen LogP contribution in [0.1, 0.15) is 0 Å². The summed E-state index contributed by atoms with van der Waals surface area (Å²) in [5, 5.41) is 4.68. The zero-order chi connectivity index (χ0) is 37.7. The second kappa shape index (κ2) is 13.6. The Labute approximate surface area is 330 Å². The number of para-hydroxylation sites is 4. The van der Waals surface area contributed by atoms with Crippen molar-refractivity contribution in [2.75, 3.05) is 4.90 Å². The van der Waals surface area contributed by atoms with Gasteiger partial charge in [0.1, 0.15) is 11.2 Å². The SMILES string of the molecule is c1ccc(-c2cc(-c3ccccc3)cc(N(c3ccccc3)c3ccc(-c4cc5oc6ccccc6c5c5c6ccccc6n(-c6ccccc6)c45)cc3)c2)cc1. The van der Waals surface area contributed by atoms with E-state index < -0.39 is 0 Å². The molecule has 0 spiro atoms. The highest BCUT2D eigenvalue weighted by molar-refractivity contribution is 6.30. The van der Waals surface area contributed by atoms with Gasteiger partial charge in [-0.15, -0.1) is 0 Å². The number of hydrogen-bond donors (Lipinski definition) is 0. The van der Waals surface area contributed by atoms with Gasteiger partial charge in [-0.2, -0.15) is 0 Å². The van der Waals surface area contributed by atoms with Crippen molar-refractivity contribution in [3.05, 3.63) is 218 Å². The summed E-state index contributed by atoms with van der Waals surface area (Å²) in [5.74, 6) is 0. The number of hydrogen-bond acceptors (Lipinski definition) is 2. The van der Waals surface area contributed by atoms with Crippen LogP contribution in [0.25, 0.3) is 82.8 Å². The summed E-state index contributed by atoms with van der Waals surface area (Å²) in [5.41, 5.74) is 15.4. The van der Waals surface area contributed by atoms with E-state index in [4.69, 9.17) is 4.42 Å². The van der Waals surface area contributed by atoms with Gasteiger partial charge in [-0.05, 0) is 101 Å². The van der Waals surface area contributed by atoms with Crippen molar-refractivity contribution in [2.24, 2.45) is 0 Å². The molecule has 3 heteroatoms. The maximum atomic E-state index is 6.64. The number of rotatable bonds is 7. The second-order valence-corrected chi connectivity index (χ2v) is 14.5. The molecule has 0 amide bonds. The first-order valence-corrected chi connectivity index (χ1v) is 19.4. The lowest BCUT2D eigenvalue weighted by atomic mass is 9.96. The third kappa shape index (κ3) is 5.60. The van der Waals surface area contributed by atoms with E-state index in [1.807, 2.05) is 6.07 Å². The largest absolute Gasteiger partial charge is 0.456 e. The van der Waals surface area contributed by atoms with E-state index in [9.17, 15) is 0 Å². The van der Waals surface area contributed by atoms with Gasteiger partial charge in [0.05, 0.1) is 11.0 Å². The molecule has 0 atom stereocenters. The van der Waals surface area contributed by atoms with Gasteiger partial charge in [0, 0.05) is 49.9 Å². The lowest BCUT2D eigenvalue weighted by Gasteiger charge is -2.27. The van der Waals surface area contributed by atoms with E-state index in [-0.39, 0.29) is 0 Å². The fourth-order valence-corrected chi connectivity index (χ4v) is 8.59. The summed E-state index contributed by atoms with van der Waals surface area (Å²) >= 11 is 0. The lowest BCUT2D eigenvalue weighted by molar-refractivity contribution is 0.669. The standard InChI is InChI=1S/C54H36N2O/c1-5-17-37(18-6-1)40-33-41(38-19-7-2-8-20-38)35-45(34-40)55(42-21-9-3-10-22-42)44-31-29-39(30-32-44)48-36-51-52(47-26-14-16-28-50(47)57-51)53-46-25-13-15-27-49(46)56(54(48)53)43-23-11-4-12-24-43/h1-36H. The Hall–Kier alpha value is -7.62. The molecule has 0 fully saturated rings. The van der Waals surface area contributed by atoms with Gasteiger partial charge in [-0.3, -0.25) is 0 Å². The van der Waals surface area contributed by atoms with Crippen LogP contribution < -0.4 is 4.90 Å². The summed E-state index contributed by atoms with van der Waals surface area (Å²) in [6.07, 6.45) is 0. The topological polar surface area (TPSA) is 21.3 Å². The molecule has 57 heavy (non-hydrogen) atoms. The zero-order valence-electron chi connectivity index (χ0n) is 31.1. The van der Waals surface area contributed by atoms with Crippen molar-refractivity contribution in [3.63, 3.8) is 0 Å². The van der Waals surface area contributed by atoms with Gasteiger partial charge < -0.3 is 13.9 Å². The summed E-state index contributed by atoms with van der Waals surface area (Å²) in [4.78, 5) is 2.36. The molecule has 11 aromatic rings. The quantitative estimate of drug-likeness (QED) is 0.163. The van der Waals surface area contributed by atoms with E-state index in [0.29, 0.717) is 0 Å². The molecule has 268 valence electrons. The van der Waals surface area contributed by atoms with Crippen molar-refractivity contribution in [3.8, 4) is 39.1 Å². The fourth-order valence-electron chi connectivity index (χ4n) is 8.59. The Balaban J connectivity index is 1.14. The first-order chi connectivity index (χ1) is 28.3. The van der Waals surface area contributed by atoms with Crippen LogP contribution in [0.3, 0.4) is 0 Å². The molecule has 9 aromatic carbocycles. The molecule has 3 nitrogen and oxygen atoms in total. The molecular formula is C54H36N2O. The minimum Gasteiger partial charge on any atom is -0.456 e. The molecule has 0 N–H and O–H groups in total. The van der Waals surface area contributed by atoms with Crippen LogP contribution in [0, 0.1) is 0 Å². The predicted octanol–water partition coefficient (Wildman–Crippen LogP) is 15.2. The highest BCUT2D eigenvalue weighted by Gasteiger charge is 2.23. The number of fused-ring (bicyclic) bond motifs is 7. The summed E-state index contributed by atoms with van der Waals surface area (Å²) in [7, 11) is 0. The molecule has 11 rings (SSSR count). The highest BCUT2D eigenvalue weighted by atomic mass is 16.3. The first-order valence-electron chi connectivity index (χ1n) is 19.4. The molecule has 0 aliphatic rings. The van der Waals surface area contributed by atoms with Gasteiger partial charge in [-0.1, -0.05) is 146 Å². The molecule has 0 aliphatic heterocycles. The number of aromatic nitrogens is 1. The monoisotopic (exact) mass is 728 g/mol. The number of furan rings is 1. The number of benzene rings is 9. The second-order valence-electron chi connectivity index (χ2n) is 14.5. The molecule has 0 unspecified atom stereocenters. The van der Waals surface area contributed by atoms with Crippen molar-refractivity contribution in [1.82, 2.24) is 4.57 Å². The number of anilines is 3. The van der Waals surface area contributed by atoms with Crippen molar-refractivity contribution >= 4 is 60.8 Å². The van der Waals surface area contributed by atoms with Crippen LogP contribution in [0.5, 0.6) is 0 Å². The van der Waals surface area contributed by atoms with Gasteiger partial charge in [0.25, 0.3) is 0 Å². The molecule has 0 radical (unpaired) electrons. The lowest BCUT2D eigenvalue weighted by Crippen LogP contribution is -2.10. The average molecular weight is 729 g/mol. The van der Waals surface area contributed by atoms with Crippen molar-refractivity contribution in [2.45, 2.75) is 0 Å². The van der Waals surface area contributed by atoms with E-state index in [1.165, 1.54) is 33.0 Å². The minimum absolute atomic E-state index is 0.885. The van der Waals surface area contributed by atoms with Crippen LogP contribution in [-0.4, -0.2) is 4.57 Å². The van der Waals surface area contributed by atoms with Gasteiger partial charge >= 0.3 is 0 Å². The van der Waals surface area contributed by atoms with Crippen molar-refractivity contribution < 1.29 is 4.42 Å². The Morgan fingerprint density at radius 2 is 0.895 bits per heavy atom. The van der Waals surface area contributed by atoms with Gasteiger partial charge in [0.15, 0.2) is 0 Å². The normalized spacial score (nSPS) is 11.5. The van der Waals surface area contributed by atoms with Crippen LogP contribution in [0.4, 0.5) is 17.1 Å². The highest BCUT2D eigenvalue weighted by Crippen LogP contribution is 2.46. The van der Waals surface area contributed by atoms with E-state index in [0.717, 1.165) is 66.8 Å². The molecule has 0 aliphatic carbocycles. The summed E-state index contributed by atoms with van der Waals surface area (Å²) in [6.45, 7) is 0. The smallest absolute Gasteiger partial charge is 0.136 e. The minimum atomic E-state index is 0.885. The predicted molar refractivity (Wildman–Crippen MR) is 239 cm³/mol. The zero-order valence-corrected chi connectivity index (χ0v) is 31.1. The molecule has 0 bridgehead atoms. The van der Waals surface area contributed by atoms with E-state index >= 15 is 0 Å². The number of nitrogens with zero attached hydrogens (tertiary/aromatic N) is 2. The van der Waals surface area contributed by atoms with E-state index in [1.54, 1.807) is 0 Å². The fraction of sp³-hybridized carbons (Fsp3) is 0. The van der Waals surface area contributed by atoms with E-state index in [2.05, 4.69) is 222 Å². The maximum absolute atomic E-state index is 6.64. The van der Waals surface area contributed by atoms with Crippen LogP contribution in [0.2, 0.25) is 0 Å². The summed E-state index contributed by atoms with van der Waals surface area (Å²) < 4.78 is 9.06. The van der Waals surface area contributed by atoms with Crippen molar-refractivity contribution in [1.29, 1.82) is 0 Å². The van der Waals surface area contributed by atoms with Crippen LogP contribution >= 0.6 is 0 Å². The maximum Gasteiger partial charge on any atom is 0.136 e. The van der Waals surface area contributed by atoms with Gasteiger partial charge in [-0.25, -0.2) is 0 Å². The Bertz CT molecular complexity index is 3140. The Kier molecular flexibility index (Phi) is 7.82. The molecular weight excluding hydrogens is 693 g/mol. The Morgan fingerprint density at radius 1 is 0.351 bits per heavy atom. The third-order valence-corrected chi connectivity index (χ3v) is 11.1. The van der Waals surface area contributed by atoms with Crippen LogP contribution in [0.15, 0.2) is 223 Å². The Morgan fingerprint density at radius 3 is 1.56 bits per heavy atom. The average Bonchev–Trinajstić information content (AvgIpc) is 3.83. The summed E-state index contributed by atoms with van der Waals surface area (Å²) in [6, 6.07) is 78.0.